The molecular formula is C22H24N6S2. The number of rotatable bonds is 3. The Labute approximate surface area is 185 Å². The summed E-state index contributed by atoms with van der Waals surface area (Å²) in [6, 6.07) is 14.8. The van der Waals surface area contributed by atoms with Gasteiger partial charge in [-0.2, -0.15) is 10.1 Å². The first-order valence-corrected chi connectivity index (χ1v) is 11.4. The first-order chi connectivity index (χ1) is 14.4. The summed E-state index contributed by atoms with van der Waals surface area (Å²) in [5.74, 6) is 0.629. The van der Waals surface area contributed by atoms with Crippen molar-refractivity contribution in [2.45, 2.75) is 40.0 Å². The molecule has 1 aliphatic rings. The lowest BCUT2D eigenvalue weighted by molar-refractivity contribution is 0.438. The van der Waals surface area contributed by atoms with Crippen LogP contribution in [0.5, 0.6) is 0 Å². The monoisotopic (exact) mass is 436 g/mol. The Hall–Kier alpha value is -2.71. The molecule has 1 aromatic heterocycles. The van der Waals surface area contributed by atoms with Crippen molar-refractivity contribution < 1.29 is 0 Å². The largest absolute Gasteiger partial charge is 0.324 e. The second kappa shape index (κ2) is 8.57. The average molecular weight is 437 g/mol. The zero-order valence-corrected chi connectivity index (χ0v) is 19.3. The van der Waals surface area contributed by atoms with E-state index in [1.807, 2.05) is 18.9 Å². The molecule has 2 heterocycles. The van der Waals surface area contributed by atoms with Crippen LogP contribution in [-0.4, -0.2) is 26.2 Å². The second-order valence-electron chi connectivity index (χ2n) is 7.31. The van der Waals surface area contributed by atoms with E-state index in [1.54, 1.807) is 11.8 Å². The summed E-state index contributed by atoms with van der Waals surface area (Å²) in [5.41, 5.74) is 5.84. The summed E-state index contributed by atoms with van der Waals surface area (Å²) in [7, 11) is 0. The highest BCUT2D eigenvalue weighted by Gasteiger charge is 2.31. The maximum absolute atomic E-state index is 4.79. The lowest BCUT2D eigenvalue weighted by atomic mass is 10.1. The van der Waals surface area contributed by atoms with Crippen LogP contribution < -0.4 is 5.32 Å². The average Bonchev–Trinajstić information content (AvgIpc) is 3.30. The molecule has 1 N–H and O–H groups in total. The van der Waals surface area contributed by atoms with Gasteiger partial charge in [0.1, 0.15) is 10.4 Å². The van der Waals surface area contributed by atoms with Gasteiger partial charge in [0.15, 0.2) is 0 Å². The molecule has 0 saturated carbocycles. The second-order valence-corrected chi connectivity index (χ2v) is 9.74. The van der Waals surface area contributed by atoms with Crippen LogP contribution in [0.25, 0.3) is 0 Å². The minimum absolute atomic E-state index is 0.00239. The molecule has 1 atom stereocenters. The van der Waals surface area contributed by atoms with Crippen molar-refractivity contribution in [2.24, 2.45) is 10.1 Å². The molecule has 0 saturated heterocycles. The predicted octanol–water partition coefficient (Wildman–Crippen LogP) is 5.95. The number of hydrogen-bond donors (Lipinski definition) is 1. The standard InChI is InChI=1S/C22H24N6S2/c1-13-6-9-18(10-7-13)20-28(27-17(5)29-20)21(24-22-26-25-16(4)30-22)23-19-11-8-14(2)15(3)12-19/h6-12,20H,1-5H3,(H,23,24,26). The number of nitrogens with zero attached hydrogens (tertiary/aromatic N) is 5. The van der Waals surface area contributed by atoms with E-state index in [0.717, 1.165) is 15.7 Å². The van der Waals surface area contributed by atoms with Crippen molar-refractivity contribution in [3.8, 4) is 0 Å². The summed E-state index contributed by atoms with van der Waals surface area (Å²) in [6.45, 7) is 10.3. The van der Waals surface area contributed by atoms with Crippen LogP contribution in [0.15, 0.2) is 52.6 Å². The molecule has 0 spiro atoms. The Kier molecular flexibility index (Phi) is 5.87. The van der Waals surface area contributed by atoms with E-state index in [-0.39, 0.29) is 5.37 Å². The number of hydrogen-bond acceptors (Lipinski definition) is 6. The summed E-state index contributed by atoms with van der Waals surface area (Å²) in [6.07, 6.45) is 0. The molecule has 4 rings (SSSR count). The van der Waals surface area contributed by atoms with Crippen molar-refractivity contribution in [1.82, 2.24) is 15.2 Å². The van der Waals surface area contributed by atoms with E-state index in [2.05, 4.69) is 78.7 Å². The third kappa shape index (κ3) is 4.55. The molecule has 154 valence electrons. The first kappa shape index (κ1) is 20.6. The number of thioether (sulfide) groups is 1. The van der Waals surface area contributed by atoms with Crippen molar-refractivity contribution in [2.75, 3.05) is 5.32 Å². The van der Waals surface area contributed by atoms with Crippen molar-refractivity contribution >= 4 is 44.9 Å². The highest BCUT2D eigenvalue weighted by atomic mass is 32.2. The molecule has 8 heteroatoms. The van der Waals surface area contributed by atoms with Crippen molar-refractivity contribution in [1.29, 1.82) is 0 Å². The van der Waals surface area contributed by atoms with Crippen molar-refractivity contribution in [3.05, 3.63) is 69.7 Å². The van der Waals surface area contributed by atoms with Crippen LogP contribution in [0.3, 0.4) is 0 Å². The molecule has 0 radical (unpaired) electrons. The normalized spacial score (nSPS) is 16.7. The van der Waals surface area contributed by atoms with Gasteiger partial charge in [-0.3, -0.25) is 0 Å². The zero-order chi connectivity index (χ0) is 21.3. The molecule has 0 bridgehead atoms. The van der Waals surface area contributed by atoms with E-state index < -0.39 is 0 Å². The Morgan fingerprint density at radius 3 is 2.40 bits per heavy atom. The Morgan fingerprint density at radius 2 is 1.73 bits per heavy atom. The van der Waals surface area contributed by atoms with Gasteiger partial charge in [0.25, 0.3) is 0 Å². The summed E-state index contributed by atoms with van der Waals surface area (Å²) in [5, 5.41) is 21.0. The number of guanidine groups is 1. The topological polar surface area (TPSA) is 65.8 Å². The lowest BCUT2D eigenvalue weighted by Crippen LogP contribution is -2.32. The Morgan fingerprint density at radius 1 is 0.967 bits per heavy atom. The van der Waals surface area contributed by atoms with Crippen molar-refractivity contribution in [3.63, 3.8) is 0 Å². The number of aliphatic imine (C=N–C) groups is 1. The van der Waals surface area contributed by atoms with Gasteiger partial charge >= 0.3 is 0 Å². The predicted molar refractivity (Wildman–Crippen MR) is 128 cm³/mol. The molecule has 1 aliphatic heterocycles. The van der Waals surface area contributed by atoms with Crippen LogP contribution >= 0.6 is 23.1 Å². The molecule has 0 fully saturated rings. The molecule has 0 aliphatic carbocycles. The Balaban J connectivity index is 1.74. The van der Waals surface area contributed by atoms with Gasteiger partial charge in [-0.1, -0.05) is 59.0 Å². The summed E-state index contributed by atoms with van der Waals surface area (Å²) >= 11 is 3.17. The summed E-state index contributed by atoms with van der Waals surface area (Å²) < 4.78 is 0. The summed E-state index contributed by atoms with van der Waals surface area (Å²) in [4.78, 5) is 4.79. The molecule has 2 aromatic carbocycles. The van der Waals surface area contributed by atoms with E-state index in [1.165, 1.54) is 33.6 Å². The molecular weight excluding hydrogens is 412 g/mol. The van der Waals surface area contributed by atoms with Crippen LogP contribution in [0, 0.1) is 27.7 Å². The number of hydrazone groups is 1. The smallest absolute Gasteiger partial charge is 0.234 e. The van der Waals surface area contributed by atoms with Crippen LogP contribution in [0.4, 0.5) is 10.8 Å². The van der Waals surface area contributed by atoms with Gasteiger partial charge in [-0.05, 0) is 63.4 Å². The van der Waals surface area contributed by atoms with E-state index in [0.29, 0.717) is 11.1 Å². The van der Waals surface area contributed by atoms with E-state index in [9.17, 15) is 0 Å². The third-order valence-electron chi connectivity index (χ3n) is 4.81. The molecule has 6 nitrogen and oxygen atoms in total. The number of benzene rings is 2. The SMILES string of the molecule is CC1=NN(/C(=N/c2nnc(C)s2)Nc2ccc(C)c(C)c2)C(c2ccc(C)cc2)S1. The van der Waals surface area contributed by atoms with Gasteiger partial charge in [-0.25, -0.2) is 5.01 Å². The zero-order valence-electron chi connectivity index (χ0n) is 17.7. The maximum Gasteiger partial charge on any atom is 0.234 e. The Bertz CT molecular complexity index is 1120. The molecule has 30 heavy (non-hydrogen) atoms. The number of aromatic nitrogens is 2. The van der Waals surface area contributed by atoms with Crippen LogP contribution in [0.1, 0.15) is 39.6 Å². The number of anilines is 1. The third-order valence-corrected chi connectivity index (χ3v) is 6.66. The number of nitrogens with one attached hydrogen (secondary N) is 1. The fourth-order valence-corrected chi connectivity index (χ4v) is 4.60. The molecule has 3 aromatic rings. The van der Waals surface area contributed by atoms with Gasteiger partial charge in [-0.15, -0.1) is 10.2 Å². The van der Waals surface area contributed by atoms with Crippen LogP contribution in [-0.2, 0) is 0 Å². The van der Waals surface area contributed by atoms with Crippen LogP contribution in [0.2, 0.25) is 0 Å². The van der Waals surface area contributed by atoms with Gasteiger partial charge in [0.05, 0.1) is 5.04 Å². The minimum Gasteiger partial charge on any atom is -0.324 e. The highest BCUT2D eigenvalue weighted by molar-refractivity contribution is 8.14. The maximum atomic E-state index is 4.79. The molecule has 0 amide bonds. The lowest BCUT2D eigenvalue weighted by Gasteiger charge is -2.25. The first-order valence-electron chi connectivity index (χ1n) is 9.70. The van der Waals surface area contributed by atoms with E-state index in [4.69, 9.17) is 10.1 Å². The van der Waals surface area contributed by atoms with Gasteiger partial charge in [0, 0.05) is 5.69 Å². The van der Waals surface area contributed by atoms with E-state index >= 15 is 0 Å². The fourth-order valence-electron chi connectivity index (χ4n) is 3.04. The van der Waals surface area contributed by atoms with Gasteiger partial charge in [0.2, 0.25) is 11.1 Å². The fraction of sp³-hybridized carbons (Fsp3) is 0.273. The quantitative estimate of drug-likeness (QED) is 0.406. The minimum atomic E-state index is -0.00239. The number of aryl methyl sites for hydroxylation is 4. The van der Waals surface area contributed by atoms with Gasteiger partial charge < -0.3 is 5.32 Å². The molecule has 1 unspecified atom stereocenters. The highest BCUT2D eigenvalue weighted by Crippen LogP contribution is 2.40.